The predicted octanol–water partition coefficient (Wildman–Crippen LogP) is 1.71. The first-order valence-electron chi connectivity index (χ1n) is 8.04. The number of carbonyl (C=O) groups excluding carboxylic acids is 2. The first-order chi connectivity index (χ1) is 13.1. The number of carbonyl (C=O) groups is 2. The molecule has 2 amide bonds. The fourth-order valence-electron chi connectivity index (χ4n) is 3.31. The van der Waals surface area contributed by atoms with Crippen LogP contribution in [0.15, 0.2) is 36.7 Å². The largest absolute Gasteiger partial charge is 0.505 e. The standard InChI is InChI=1S/C18H11N5O4/c24-15-11-12(16(25)14-13(15)19-5-6-20-14)18(27)23(17(11)26)7-10-21-8-3-1-2-4-9(8)22-10/h1-6,24-25H,7H2,(H,21,22). The molecule has 4 aromatic rings. The number of H-pyrrole nitrogens is 1. The zero-order valence-electron chi connectivity index (χ0n) is 13.7. The van der Waals surface area contributed by atoms with E-state index in [0.29, 0.717) is 11.3 Å². The second-order valence-electron chi connectivity index (χ2n) is 6.10. The minimum atomic E-state index is -0.726. The van der Waals surface area contributed by atoms with E-state index in [1.165, 1.54) is 12.4 Å². The van der Waals surface area contributed by atoms with Gasteiger partial charge in [0.1, 0.15) is 28.0 Å². The number of phenols is 2. The summed E-state index contributed by atoms with van der Waals surface area (Å²) in [4.78, 5) is 41.8. The zero-order chi connectivity index (χ0) is 18.7. The fourth-order valence-corrected chi connectivity index (χ4v) is 3.31. The van der Waals surface area contributed by atoms with Crippen molar-refractivity contribution >= 4 is 33.9 Å². The Balaban J connectivity index is 1.62. The molecule has 5 rings (SSSR count). The van der Waals surface area contributed by atoms with E-state index in [1.807, 2.05) is 18.2 Å². The lowest BCUT2D eigenvalue weighted by Crippen LogP contribution is -2.29. The molecule has 0 radical (unpaired) electrons. The summed E-state index contributed by atoms with van der Waals surface area (Å²) in [6.07, 6.45) is 2.64. The molecule has 1 aliphatic rings. The number of nitrogens with one attached hydrogen (secondary N) is 1. The molecule has 1 aliphatic heterocycles. The van der Waals surface area contributed by atoms with Gasteiger partial charge in [0.25, 0.3) is 11.8 Å². The van der Waals surface area contributed by atoms with Crippen molar-refractivity contribution in [2.24, 2.45) is 0 Å². The summed E-state index contributed by atoms with van der Waals surface area (Å²) in [7, 11) is 0. The number of para-hydroxylation sites is 2. The number of amides is 2. The van der Waals surface area contributed by atoms with Crippen molar-refractivity contribution in [1.29, 1.82) is 0 Å². The first-order valence-corrected chi connectivity index (χ1v) is 8.04. The van der Waals surface area contributed by atoms with Gasteiger partial charge in [0.2, 0.25) is 0 Å². The summed E-state index contributed by atoms with van der Waals surface area (Å²) in [5.41, 5.74) is 0.840. The Morgan fingerprint density at radius 3 is 2.11 bits per heavy atom. The third-order valence-corrected chi connectivity index (χ3v) is 4.53. The monoisotopic (exact) mass is 361 g/mol. The van der Waals surface area contributed by atoms with Crippen LogP contribution in [0.1, 0.15) is 26.5 Å². The van der Waals surface area contributed by atoms with Crippen LogP contribution in [0, 0.1) is 0 Å². The molecule has 9 nitrogen and oxygen atoms in total. The molecule has 0 saturated heterocycles. The van der Waals surface area contributed by atoms with Gasteiger partial charge in [-0.05, 0) is 12.1 Å². The van der Waals surface area contributed by atoms with Crippen LogP contribution in [0.3, 0.4) is 0 Å². The number of aromatic amines is 1. The van der Waals surface area contributed by atoms with Gasteiger partial charge in [-0.2, -0.15) is 0 Å². The van der Waals surface area contributed by atoms with E-state index in [0.717, 1.165) is 10.4 Å². The van der Waals surface area contributed by atoms with E-state index in [1.54, 1.807) is 6.07 Å². The first kappa shape index (κ1) is 15.3. The highest BCUT2D eigenvalue weighted by molar-refractivity contribution is 6.26. The summed E-state index contributed by atoms with van der Waals surface area (Å²) in [6, 6.07) is 7.31. The highest BCUT2D eigenvalue weighted by atomic mass is 16.3. The molecule has 9 heteroatoms. The minimum Gasteiger partial charge on any atom is -0.505 e. The van der Waals surface area contributed by atoms with Gasteiger partial charge in [-0.25, -0.2) is 15.0 Å². The maximum Gasteiger partial charge on any atom is 0.265 e. The van der Waals surface area contributed by atoms with Crippen LogP contribution in [0.4, 0.5) is 0 Å². The molecule has 0 bridgehead atoms. The molecule has 0 aliphatic carbocycles. The summed E-state index contributed by atoms with van der Waals surface area (Å²) in [5.74, 6) is -2.00. The second-order valence-corrected chi connectivity index (χ2v) is 6.10. The molecule has 3 heterocycles. The smallest absolute Gasteiger partial charge is 0.265 e. The van der Waals surface area contributed by atoms with Gasteiger partial charge in [0.05, 0.1) is 17.6 Å². The van der Waals surface area contributed by atoms with Crippen molar-refractivity contribution in [3.8, 4) is 11.5 Å². The van der Waals surface area contributed by atoms with E-state index in [-0.39, 0.29) is 28.7 Å². The van der Waals surface area contributed by atoms with Crippen molar-refractivity contribution < 1.29 is 19.8 Å². The van der Waals surface area contributed by atoms with Crippen LogP contribution >= 0.6 is 0 Å². The third kappa shape index (κ3) is 2.02. The number of imide groups is 1. The number of aromatic nitrogens is 4. The normalized spacial score (nSPS) is 13.7. The van der Waals surface area contributed by atoms with Crippen LogP contribution in [0.25, 0.3) is 22.1 Å². The number of rotatable bonds is 2. The van der Waals surface area contributed by atoms with Crippen molar-refractivity contribution in [2.75, 3.05) is 0 Å². The second kappa shape index (κ2) is 5.24. The highest BCUT2D eigenvalue weighted by Crippen LogP contribution is 2.42. The van der Waals surface area contributed by atoms with E-state index >= 15 is 0 Å². The summed E-state index contributed by atoms with van der Waals surface area (Å²) in [5, 5.41) is 20.9. The molecule has 2 aromatic heterocycles. The molecule has 27 heavy (non-hydrogen) atoms. The van der Waals surface area contributed by atoms with Crippen molar-refractivity contribution in [2.45, 2.75) is 6.54 Å². The minimum absolute atomic E-state index is 0.0412. The van der Waals surface area contributed by atoms with Gasteiger partial charge in [-0.3, -0.25) is 14.5 Å². The third-order valence-electron chi connectivity index (χ3n) is 4.53. The Morgan fingerprint density at radius 2 is 1.52 bits per heavy atom. The molecule has 2 aromatic carbocycles. The van der Waals surface area contributed by atoms with E-state index in [2.05, 4.69) is 19.9 Å². The van der Waals surface area contributed by atoms with E-state index in [9.17, 15) is 19.8 Å². The van der Waals surface area contributed by atoms with E-state index < -0.39 is 23.3 Å². The molecule has 0 atom stereocenters. The lowest BCUT2D eigenvalue weighted by Gasteiger charge is -2.11. The van der Waals surface area contributed by atoms with Crippen molar-refractivity contribution in [3.05, 3.63) is 53.6 Å². The Bertz CT molecular complexity index is 1190. The van der Waals surface area contributed by atoms with E-state index in [4.69, 9.17) is 0 Å². The number of nitrogens with zero attached hydrogens (tertiary/aromatic N) is 4. The Morgan fingerprint density at radius 1 is 0.926 bits per heavy atom. The average Bonchev–Trinajstić information content (AvgIpc) is 3.20. The molecular weight excluding hydrogens is 350 g/mol. The maximum atomic E-state index is 12.8. The van der Waals surface area contributed by atoms with Gasteiger partial charge in [0.15, 0.2) is 11.5 Å². The number of phenolic OH excluding ortho intramolecular Hbond substituents is 2. The summed E-state index contributed by atoms with van der Waals surface area (Å²) >= 11 is 0. The van der Waals surface area contributed by atoms with Crippen LogP contribution in [0.2, 0.25) is 0 Å². The molecule has 0 unspecified atom stereocenters. The van der Waals surface area contributed by atoms with Crippen LogP contribution in [0.5, 0.6) is 11.5 Å². The quantitative estimate of drug-likeness (QED) is 0.366. The average molecular weight is 361 g/mol. The molecule has 0 spiro atoms. The Hall–Kier alpha value is -4.01. The lowest BCUT2D eigenvalue weighted by molar-refractivity contribution is 0.0637. The van der Waals surface area contributed by atoms with Crippen molar-refractivity contribution in [3.63, 3.8) is 0 Å². The summed E-state index contributed by atoms with van der Waals surface area (Å²) in [6.45, 7) is -0.128. The fraction of sp³-hybridized carbons (Fsp3) is 0.0556. The van der Waals surface area contributed by atoms with Gasteiger partial charge < -0.3 is 15.2 Å². The SMILES string of the molecule is O=C1c2c(c(O)c3nccnc3c2O)C(=O)N1Cc1nc2ccccc2[nH]1. The number of benzene rings is 2. The molecule has 0 saturated carbocycles. The molecule has 132 valence electrons. The maximum absolute atomic E-state index is 12.8. The Kier molecular flexibility index (Phi) is 2.96. The van der Waals surface area contributed by atoms with Crippen LogP contribution < -0.4 is 0 Å². The predicted molar refractivity (Wildman–Crippen MR) is 93.2 cm³/mol. The van der Waals surface area contributed by atoms with Gasteiger partial charge in [0, 0.05) is 12.4 Å². The molecule has 3 N–H and O–H groups in total. The van der Waals surface area contributed by atoms with Crippen LogP contribution in [-0.2, 0) is 6.54 Å². The van der Waals surface area contributed by atoms with Gasteiger partial charge in [-0.1, -0.05) is 12.1 Å². The number of hydrogen-bond donors (Lipinski definition) is 3. The number of fused-ring (bicyclic) bond motifs is 3. The van der Waals surface area contributed by atoms with Gasteiger partial charge in [-0.15, -0.1) is 0 Å². The van der Waals surface area contributed by atoms with Crippen LogP contribution in [-0.4, -0.2) is 46.9 Å². The van der Waals surface area contributed by atoms with Crippen molar-refractivity contribution in [1.82, 2.24) is 24.8 Å². The zero-order valence-corrected chi connectivity index (χ0v) is 13.7. The molecule has 0 fully saturated rings. The molecular formula is C18H11N5O4. The van der Waals surface area contributed by atoms with Gasteiger partial charge >= 0.3 is 0 Å². The number of hydrogen-bond acceptors (Lipinski definition) is 7. The highest BCUT2D eigenvalue weighted by Gasteiger charge is 2.42. The summed E-state index contributed by atoms with van der Waals surface area (Å²) < 4.78 is 0. The number of imidazole rings is 1. The Labute approximate surface area is 150 Å². The number of aromatic hydroxyl groups is 2. The topological polar surface area (TPSA) is 132 Å². The lowest BCUT2D eigenvalue weighted by atomic mass is 10.1.